The maximum absolute atomic E-state index is 12.9. The zero-order chi connectivity index (χ0) is 21.3. The lowest BCUT2D eigenvalue weighted by molar-refractivity contribution is 0.0696. The van der Waals surface area contributed by atoms with Gasteiger partial charge in [0.15, 0.2) is 0 Å². The van der Waals surface area contributed by atoms with E-state index in [4.69, 9.17) is 9.52 Å². The molecule has 1 aliphatic carbocycles. The molecule has 0 bridgehead atoms. The third-order valence-corrected chi connectivity index (χ3v) is 5.88. The van der Waals surface area contributed by atoms with E-state index >= 15 is 0 Å². The molecule has 2 heterocycles. The minimum absolute atomic E-state index is 0.0834. The van der Waals surface area contributed by atoms with Crippen LogP contribution in [0.5, 0.6) is 0 Å². The van der Waals surface area contributed by atoms with Crippen molar-refractivity contribution in [1.82, 2.24) is 24.9 Å². The minimum atomic E-state index is 0.0834. The molecule has 30 heavy (non-hydrogen) atoms. The van der Waals surface area contributed by atoms with Crippen molar-refractivity contribution in [3.8, 4) is 17.3 Å². The first kappa shape index (κ1) is 20.3. The van der Waals surface area contributed by atoms with Crippen LogP contribution in [0.2, 0.25) is 0 Å². The molecule has 2 aromatic heterocycles. The van der Waals surface area contributed by atoms with Crippen molar-refractivity contribution in [2.24, 2.45) is 0 Å². The number of hydrogen-bond acceptors (Lipinski definition) is 5. The molecular weight excluding hydrogens is 378 g/mol. The third-order valence-electron chi connectivity index (χ3n) is 5.88. The second kappa shape index (κ2) is 8.42. The van der Waals surface area contributed by atoms with E-state index in [2.05, 4.69) is 24.0 Å². The zero-order valence-electron chi connectivity index (χ0n) is 18.1. The molecule has 1 aromatic carbocycles. The summed E-state index contributed by atoms with van der Waals surface area (Å²) in [6.45, 7) is 6.00. The zero-order valence-corrected chi connectivity index (χ0v) is 18.1. The summed E-state index contributed by atoms with van der Waals surface area (Å²) in [5.74, 6) is 1.26. The van der Waals surface area contributed by atoms with Gasteiger partial charge in [-0.3, -0.25) is 4.79 Å². The Hall–Kier alpha value is -2.96. The van der Waals surface area contributed by atoms with Gasteiger partial charge in [-0.2, -0.15) is 5.10 Å². The highest BCUT2D eigenvalue weighted by atomic mass is 16.4. The Morgan fingerprint density at radius 3 is 2.43 bits per heavy atom. The summed E-state index contributed by atoms with van der Waals surface area (Å²) in [5.41, 5.74) is 3.30. The van der Waals surface area contributed by atoms with Gasteiger partial charge in [-0.05, 0) is 49.1 Å². The summed E-state index contributed by atoms with van der Waals surface area (Å²) in [7, 11) is 1.93. The van der Waals surface area contributed by atoms with Crippen LogP contribution >= 0.6 is 0 Å². The van der Waals surface area contributed by atoms with E-state index in [1.54, 1.807) is 6.92 Å². The molecule has 7 heteroatoms. The summed E-state index contributed by atoms with van der Waals surface area (Å²) >= 11 is 0. The third kappa shape index (κ3) is 4.01. The van der Waals surface area contributed by atoms with E-state index in [9.17, 15) is 4.79 Å². The first-order chi connectivity index (χ1) is 14.4. The Morgan fingerprint density at radius 1 is 1.13 bits per heavy atom. The van der Waals surface area contributed by atoms with Crippen LogP contribution in [0.25, 0.3) is 17.3 Å². The van der Waals surface area contributed by atoms with Crippen LogP contribution in [0, 0.1) is 6.92 Å². The summed E-state index contributed by atoms with van der Waals surface area (Å²) in [5, 5.41) is 12.7. The topological polar surface area (TPSA) is 77.1 Å². The Balaban J connectivity index is 1.59. The molecule has 158 valence electrons. The number of rotatable bonds is 5. The summed E-state index contributed by atoms with van der Waals surface area (Å²) < 4.78 is 7.43. The van der Waals surface area contributed by atoms with E-state index in [0.29, 0.717) is 29.1 Å². The Labute approximate surface area is 177 Å². The smallest absolute Gasteiger partial charge is 0.268 e. The number of benzene rings is 1. The van der Waals surface area contributed by atoms with Crippen LogP contribution in [0.15, 0.2) is 34.7 Å². The second-order valence-electron chi connectivity index (χ2n) is 8.40. The van der Waals surface area contributed by atoms with Crippen molar-refractivity contribution in [3.63, 3.8) is 0 Å². The van der Waals surface area contributed by atoms with Crippen molar-refractivity contribution >= 4 is 5.91 Å². The Kier molecular flexibility index (Phi) is 5.70. The fourth-order valence-electron chi connectivity index (χ4n) is 4.10. The maximum Gasteiger partial charge on any atom is 0.268 e. The molecule has 1 saturated carbocycles. The molecule has 7 nitrogen and oxygen atoms in total. The van der Waals surface area contributed by atoms with Gasteiger partial charge in [0.1, 0.15) is 5.69 Å². The van der Waals surface area contributed by atoms with Crippen LogP contribution in [-0.2, 0) is 0 Å². The van der Waals surface area contributed by atoms with Crippen LogP contribution in [0.1, 0.15) is 73.8 Å². The average molecular weight is 408 g/mol. The Bertz CT molecular complexity index is 1010. The maximum atomic E-state index is 12.9. The van der Waals surface area contributed by atoms with Crippen molar-refractivity contribution in [3.05, 3.63) is 47.5 Å². The highest BCUT2D eigenvalue weighted by Crippen LogP contribution is 2.26. The van der Waals surface area contributed by atoms with Crippen molar-refractivity contribution < 1.29 is 9.21 Å². The second-order valence-corrected chi connectivity index (χ2v) is 8.40. The van der Waals surface area contributed by atoms with Gasteiger partial charge in [0, 0.05) is 31.3 Å². The number of carbonyl (C=O) groups is 1. The first-order valence-corrected chi connectivity index (χ1v) is 10.7. The molecule has 1 fully saturated rings. The molecule has 1 amide bonds. The molecule has 0 spiro atoms. The summed E-state index contributed by atoms with van der Waals surface area (Å²) in [6, 6.07) is 10.0. The van der Waals surface area contributed by atoms with E-state index in [1.165, 1.54) is 19.3 Å². The number of amides is 1. The normalized spacial score (nSPS) is 15.0. The summed E-state index contributed by atoms with van der Waals surface area (Å²) in [6.07, 6.45) is 5.90. The van der Waals surface area contributed by atoms with Crippen LogP contribution in [0.4, 0.5) is 0 Å². The summed E-state index contributed by atoms with van der Waals surface area (Å²) in [4.78, 5) is 14.8. The van der Waals surface area contributed by atoms with E-state index in [1.807, 2.05) is 47.0 Å². The van der Waals surface area contributed by atoms with Gasteiger partial charge in [-0.15, -0.1) is 10.2 Å². The molecule has 0 atom stereocenters. The minimum Gasteiger partial charge on any atom is -0.420 e. The quantitative estimate of drug-likeness (QED) is 0.609. The van der Waals surface area contributed by atoms with E-state index in [-0.39, 0.29) is 11.8 Å². The molecule has 0 unspecified atom stereocenters. The molecule has 1 aliphatic rings. The lowest BCUT2D eigenvalue weighted by Crippen LogP contribution is -2.38. The van der Waals surface area contributed by atoms with Gasteiger partial charge in [0.25, 0.3) is 11.8 Å². The van der Waals surface area contributed by atoms with E-state index in [0.717, 1.165) is 24.2 Å². The van der Waals surface area contributed by atoms with Crippen molar-refractivity contribution in [2.45, 2.75) is 64.8 Å². The largest absolute Gasteiger partial charge is 0.420 e. The highest BCUT2D eigenvalue weighted by molar-refractivity contribution is 5.94. The first-order valence-electron chi connectivity index (χ1n) is 10.7. The van der Waals surface area contributed by atoms with Crippen LogP contribution in [-0.4, -0.2) is 43.9 Å². The lowest BCUT2D eigenvalue weighted by Gasteiger charge is -2.31. The van der Waals surface area contributed by atoms with E-state index < -0.39 is 0 Å². The number of aryl methyl sites for hydroxylation is 1. The molecule has 0 saturated heterocycles. The van der Waals surface area contributed by atoms with Gasteiger partial charge < -0.3 is 9.32 Å². The van der Waals surface area contributed by atoms with Crippen molar-refractivity contribution in [2.75, 3.05) is 7.05 Å². The SMILES string of the molecule is Cc1nnc(-c2cc(C(C)C)n(-c3ccc(C(=O)N(C)C4CCCCC4)cc3)n2)o1. The fraction of sp³-hybridized carbons (Fsp3) is 0.478. The fourth-order valence-corrected chi connectivity index (χ4v) is 4.10. The number of hydrogen-bond donors (Lipinski definition) is 0. The predicted octanol–water partition coefficient (Wildman–Crippen LogP) is 4.76. The number of nitrogens with zero attached hydrogens (tertiary/aromatic N) is 5. The van der Waals surface area contributed by atoms with Crippen molar-refractivity contribution in [1.29, 1.82) is 0 Å². The predicted molar refractivity (Wildman–Crippen MR) is 115 cm³/mol. The van der Waals surface area contributed by atoms with Crippen LogP contribution < -0.4 is 0 Å². The lowest BCUT2D eigenvalue weighted by atomic mass is 9.94. The standard InChI is InChI=1S/C23H29N5O2/c1-15(2)21-14-20(22-25-24-16(3)30-22)26-28(21)19-12-10-17(11-13-19)23(29)27(4)18-8-6-5-7-9-18/h10-15,18H,5-9H2,1-4H3. The molecule has 0 radical (unpaired) electrons. The number of carbonyl (C=O) groups excluding carboxylic acids is 1. The monoisotopic (exact) mass is 407 g/mol. The molecular formula is C23H29N5O2. The Morgan fingerprint density at radius 2 is 1.83 bits per heavy atom. The van der Waals surface area contributed by atoms with Gasteiger partial charge in [0.05, 0.1) is 5.69 Å². The highest BCUT2D eigenvalue weighted by Gasteiger charge is 2.23. The molecule has 4 rings (SSSR count). The molecule has 0 aliphatic heterocycles. The van der Waals surface area contributed by atoms with Gasteiger partial charge >= 0.3 is 0 Å². The molecule has 3 aromatic rings. The van der Waals surface area contributed by atoms with Gasteiger partial charge in [0.2, 0.25) is 5.89 Å². The van der Waals surface area contributed by atoms with Gasteiger partial charge in [-0.25, -0.2) is 4.68 Å². The molecule has 0 N–H and O–H groups in total. The van der Waals surface area contributed by atoms with Crippen LogP contribution in [0.3, 0.4) is 0 Å². The number of aromatic nitrogens is 4. The van der Waals surface area contributed by atoms with Gasteiger partial charge in [-0.1, -0.05) is 33.1 Å². The average Bonchev–Trinajstić information content (AvgIpc) is 3.40.